The predicted octanol–water partition coefficient (Wildman–Crippen LogP) is 4.15. The van der Waals surface area contributed by atoms with E-state index in [1.165, 1.54) is 35.2 Å². The number of nitro groups is 1. The summed E-state index contributed by atoms with van der Waals surface area (Å²) in [6, 6.07) is 17.7. The lowest BCUT2D eigenvalue weighted by atomic mass is 10.0. The van der Waals surface area contributed by atoms with Crippen LogP contribution in [0.1, 0.15) is 37.5 Å². The number of hydrogen-bond acceptors (Lipinski definition) is 6. The van der Waals surface area contributed by atoms with E-state index in [-0.39, 0.29) is 34.8 Å². The molecular formula is C25H21N3O6. The van der Waals surface area contributed by atoms with Crippen LogP contribution in [0.25, 0.3) is 11.1 Å². The zero-order valence-electron chi connectivity index (χ0n) is 18.3. The first-order valence-corrected chi connectivity index (χ1v) is 10.5. The molecule has 0 aromatic heterocycles. The summed E-state index contributed by atoms with van der Waals surface area (Å²) >= 11 is 0. The third kappa shape index (κ3) is 4.55. The van der Waals surface area contributed by atoms with Gasteiger partial charge in [-0.05, 0) is 60.0 Å². The van der Waals surface area contributed by atoms with E-state index < -0.39 is 16.7 Å². The van der Waals surface area contributed by atoms with Gasteiger partial charge in [-0.1, -0.05) is 12.1 Å². The number of rotatable bonds is 8. The maximum atomic E-state index is 12.7. The van der Waals surface area contributed by atoms with Gasteiger partial charge in [-0.3, -0.25) is 29.4 Å². The summed E-state index contributed by atoms with van der Waals surface area (Å²) in [6.45, 7) is 0.687. The second kappa shape index (κ2) is 9.63. The Morgan fingerprint density at radius 3 is 2.18 bits per heavy atom. The number of ether oxygens (including phenoxy) is 1. The fourth-order valence-corrected chi connectivity index (χ4v) is 3.73. The van der Waals surface area contributed by atoms with Crippen molar-refractivity contribution in [3.8, 4) is 11.1 Å². The minimum absolute atomic E-state index is 0.0141. The largest absolute Gasteiger partial charge is 0.385 e. The van der Waals surface area contributed by atoms with E-state index in [1.807, 2.05) is 0 Å². The number of nitro benzene ring substituents is 1. The van der Waals surface area contributed by atoms with Crippen molar-refractivity contribution < 1.29 is 24.0 Å². The van der Waals surface area contributed by atoms with Crippen LogP contribution in [0.3, 0.4) is 0 Å². The van der Waals surface area contributed by atoms with Crippen LogP contribution in [0, 0.1) is 10.1 Å². The first-order chi connectivity index (χ1) is 16.4. The number of carbonyl (C=O) groups is 3. The first kappa shape index (κ1) is 22.8. The summed E-state index contributed by atoms with van der Waals surface area (Å²) < 4.78 is 4.98. The number of amides is 3. The number of nitrogens with one attached hydrogen (secondary N) is 1. The molecule has 3 amide bonds. The molecule has 4 rings (SSSR count). The third-order valence-electron chi connectivity index (χ3n) is 5.52. The second-order valence-corrected chi connectivity index (χ2v) is 7.70. The molecule has 9 heteroatoms. The molecular weight excluding hydrogens is 438 g/mol. The quantitative estimate of drug-likeness (QED) is 0.234. The smallest absolute Gasteiger partial charge is 0.269 e. The second-order valence-electron chi connectivity index (χ2n) is 7.70. The molecule has 0 atom stereocenters. The molecule has 0 saturated carbocycles. The van der Waals surface area contributed by atoms with E-state index in [0.29, 0.717) is 18.7 Å². The fourth-order valence-electron chi connectivity index (χ4n) is 3.73. The van der Waals surface area contributed by atoms with Crippen LogP contribution in [0.4, 0.5) is 11.4 Å². The average Bonchev–Trinajstić information content (AvgIpc) is 3.09. The number of imide groups is 1. The Balaban J connectivity index is 1.45. The summed E-state index contributed by atoms with van der Waals surface area (Å²) in [5.41, 5.74) is 2.96. The number of fused-ring (bicyclic) bond motifs is 1. The van der Waals surface area contributed by atoms with E-state index in [2.05, 4.69) is 5.32 Å². The van der Waals surface area contributed by atoms with Crippen molar-refractivity contribution in [1.29, 1.82) is 0 Å². The molecule has 1 N–H and O–H groups in total. The molecule has 0 fully saturated rings. The Hall–Kier alpha value is -4.37. The van der Waals surface area contributed by atoms with Gasteiger partial charge in [0.05, 0.1) is 16.1 Å². The number of non-ortho nitro benzene ring substituents is 1. The van der Waals surface area contributed by atoms with E-state index in [4.69, 9.17) is 4.74 Å². The Morgan fingerprint density at radius 2 is 1.56 bits per heavy atom. The van der Waals surface area contributed by atoms with Crippen LogP contribution >= 0.6 is 0 Å². The van der Waals surface area contributed by atoms with Gasteiger partial charge < -0.3 is 10.1 Å². The van der Waals surface area contributed by atoms with E-state index in [9.17, 15) is 24.5 Å². The summed E-state index contributed by atoms with van der Waals surface area (Å²) in [5, 5.41) is 13.6. The molecule has 0 radical (unpaired) electrons. The minimum Gasteiger partial charge on any atom is -0.385 e. The summed E-state index contributed by atoms with van der Waals surface area (Å²) in [5.74, 6) is -1.20. The van der Waals surface area contributed by atoms with Gasteiger partial charge in [-0.25, -0.2) is 0 Å². The van der Waals surface area contributed by atoms with Crippen molar-refractivity contribution in [3.05, 3.63) is 93.5 Å². The van der Waals surface area contributed by atoms with Gasteiger partial charge in [0.25, 0.3) is 23.4 Å². The van der Waals surface area contributed by atoms with Gasteiger partial charge >= 0.3 is 0 Å². The number of hydrogen-bond donors (Lipinski definition) is 1. The van der Waals surface area contributed by atoms with Crippen LogP contribution in [0.2, 0.25) is 0 Å². The van der Waals surface area contributed by atoms with Crippen molar-refractivity contribution in [2.45, 2.75) is 6.42 Å². The fraction of sp³-hybridized carbons (Fsp3) is 0.160. The zero-order chi connectivity index (χ0) is 24.2. The van der Waals surface area contributed by atoms with Gasteiger partial charge in [0.15, 0.2) is 0 Å². The molecule has 1 heterocycles. The maximum Gasteiger partial charge on any atom is 0.269 e. The van der Waals surface area contributed by atoms with Gasteiger partial charge in [-0.15, -0.1) is 0 Å². The predicted molar refractivity (Wildman–Crippen MR) is 125 cm³/mol. The van der Waals surface area contributed by atoms with Crippen molar-refractivity contribution in [2.24, 2.45) is 0 Å². The molecule has 0 bridgehead atoms. The standard InChI is InChI=1S/C25H21N3O6/c1-34-14-2-13-27-24(30)21-12-7-18(15-22(21)25(27)31)23(29)26-19-8-3-16(4-9-19)17-5-10-20(11-6-17)28(32)33/h3-12,15H,2,13-14H2,1H3,(H,26,29). The molecule has 0 spiro atoms. The molecule has 0 saturated heterocycles. The highest BCUT2D eigenvalue weighted by molar-refractivity contribution is 6.22. The van der Waals surface area contributed by atoms with Gasteiger partial charge in [-0.2, -0.15) is 0 Å². The topological polar surface area (TPSA) is 119 Å². The van der Waals surface area contributed by atoms with Crippen LogP contribution in [0.15, 0.2) is 66.7 Å². The number of nitrogens with zero attached hydrogens (tertiary/aromatic N) is 2. The number of benzene rings is 3. The summed E-state index contributed by atoms with van der Waals surface area (Å²) in [7, 11) is 1.55. The molecule has 3 aromatic carbocycles. The zero-order valence-corrected chi connectivity index (χ0v) is 18.3. The average molecular weight is 459 g/mol. The van der Waals surface area contributed by atoms with Gasteiger partial charge in [0.1, 0.15) is 0 Å². The Kier molecular flexibility index (Phi) is 6.46. The van der Waals surface area contributed by atoms with Crippen LogP contribution in [-0.2, 0) is 4.74 Å². The number of anilines is 1. The van der Waals surface area contributed by atoms with Crippen molar-refractivity contribution >= 4 is 29.1 Å². The lowest BCUT2D eigenvalue weighted by molar-refractivity contribution is -0.384. The number of methoxy groups -OCH3 is 1. The van der Waals surface area contributed by atoms with Crippen LogP contribution in [-0.4, -0.2) is 47.8 Å². The monoisotopic (exact) mass is 459 g/mol. The van der Waals surface area contributed by atoms with E-state index in [1.54, 1.807) is 43.5 Å². The highest BCUT2D eigenvalue weighted by Crippen LogP contribution is 2.26. The SMILES string of the molecule is COCCCN1C(=O)c2ccc(C(=O)Nc3ccc(-c4ccc([N+](=O)[O-])cc4)cc3)cc2C1=O. The molecule has 1 aliphatic rings. The summed E-state index contributed by atoms with van der Waals surface area (Å²) in [6.07, 6.45) is 0.533. The Labute approximate surface area is 195 Å². The van der Waals surface area contributed by atoms with Crippen LogP contribution in [0.5, 0.6) is 0 Å². The Morgan fingerprint density at radius 1 is 0.941 bits per heavy atom. The molecule has 0 unspecified atom stereocenters. The first-order valence-electron chi connectivity index (χ1n) is 10.5. The molecule has 3 aromatic rings. The van der Waals surface area contributed by atoms with Gasteiger partial charge in [0.2, 0.25) is 0 Å². The van der Waals surface area contributed by atoms with E-state index in [0.717, 1.165) is 11.1 Å². The highest BCUT2D eigenvalue weighted by Gasteiger charge is 2.35. The molecule has 34 heavy (non-hydrogen) atoms. The van der Waals surface area contributed by atoms with E-state index >= 15 is 0 Å². The third-order valence-corrected chi connectivity index (χ3v) is 5.52. The maximum absolute atomic E-state index is 12.7. The molecule has 1 aliphatic heterocycles. The van der Waals surface area contributed by atoms with Crippen molar-refractivity contribution in [1.82, 2.24) is 4.90 Å². The normalized spacial score (nSPS) is 12.6. The van der Waals surface area contributed by atoms with Crippen LogP contribution < -0.4 is 5.32 Å². The lowest BCUT2D eigenvalue weighted by Crippen LogP contribution is -2.31. The minimum atomic E-state index is -0.455. The Bertz CT molecular complexity index is 1270. The molecule has 0 aliphatic carbocycles. The van der Waals surface area contributed by atoms with Crippen molar-refractivity contribution in [3.63, 3.8) is 0 Å². The summed E-state index contributed by atoms with van der Waals surface area (Å²) in [4.78, 5) is 49.4. The van der Waals surface area contributed by atoms with Crippen molar-refractivity contribution in [2.75, 3.05) is 25.6 Å². The highest BCUT2D eigenvalue weighted by atomic mass is 16.6. The number of carbonyl (C=O) groups excluding carboxylic acids is 3. The molecule has 9 nitrogen and oxygen atoms in total. The lowest BCUT2D eigenvalue weighted by Gasteiger charge is -2.12. The molecule has 172 valence electrons. The van der Waals surface area contributed by atoms with Gasteiger partial charge in [0, 0.05) is 43.6 Å².